The molecule has 3 rings (SSSR count). The predicted molar refractivity (Wildman–Crippen MR) is 76.6 cm³/mol. The number of rotatable bonds is 2. The molecule has 6 nitrogen and oxygen atoms in total. The van der Waals surface area contributed by atoms with Gasteiger partial charge in [0.2, 0.25) is 0 Å². The maximum Gasteiger partial charge on any atom is 0.353 e. The number of nitrogens with zero attached hydrogens (tertiary/aromatic N) is 2. The van der Waals surface area contributed by atoms with Gasteiger partial charge in [0, 0.05) is 31.0 Å². The Morgan fingerprint density at radius 3 is 2.52 bits per heavy atom. The molecule has 0 spiro atoms. The third kappa shape index (κ3) is 2.17. The molecule has 110 valence electrons. The molecule has 0 bridgehead atoms. The molecule has 21 heavy (non-hydrogen) atoms. The molecule has 2 aromatic rings. The highest BCUT2D eigenvalue weighted by Gasteiger charge is 2.29. The zero-order chi connectivity index (χ0) is 15.0. The van der Waals surface area contributed by atoms with Gasteiger partial charge in [-0.15, -0.1) is 0 Å². The van der Waals surface area contributed by atoms with Crippen LogP contribution in [-0.2, 0) is 11.8 Å². The summed E-state index contributed by atoms with van der Waals surface area (Å²) in [5, 5.41) is 10.2. The lowest BCUT2D eigenvalue weighted by atomic mass is 10.1. The summed E-state index contributed by atoms with van der Waals surface area (Å²) in [7, 11) is 1.67. The summed E-state index contributed by atoms with van der Waals surface area (Å²) in [5.74, 6) is -1.34. The molecule has 0 atom stereocenters. The van der Waals surface area contributed by atoms with Gasteiger partial charge < -0.3 is 19.3 Å². The van der Waals surface area contributed by atoms with Gasteiger partial charge in [-0.05, 0) is 6.07 Å². The van der Waals surface area contributed by atoms with Crippen LogP contribution in [0.3, 0.4) is 0 Å². The largest absolute Gasteiger partial charge is 0.477 e. The predicted octanol–water partition coefficient (Wildman–Crippen LogP) is 1.35. The first-order chi connectivity index (χ1) is 10.1. The minimum absolute atomic E-state index is 0.0349. The number of benzene rings is 1. The second-order valence-corrected chi connectivity index (χ2v) is 5.01. The van der Waals surface area contributed by atoms with Crippen molar-refractivity contribution in [2.24, 2.45) is 7.05 Å². The van der Waals surface area contributed by atoms with Crippen molar-refractivity contribution in [3.05, 3.63) is 35.5 Å². The topological polar surface area (TPSA) is 71.8 Å². The van der Waals surface area contributed by atoms with Crippen LogP contribution in [0.25, 0.3) is 10.9 Å². The molecule has 1 aliphatic rings. The average Bonchev–Trinajstić information content (AvgIpc) is 2.81. The fourth-order valence-corrected chi connectivity index (χ4v) is 2.78. The van der Waals surface area contributed by atoms with Gasteiger partial charge in [0.05, 0.1) is 18.8 Å². The number of aromatic nitrogens is 1. The number of carbonyl (C=O) groups excluding carboxylic acids is 1. The molecule has 0 unspecified atom stereocenters. The van der Waals surface area contributed by atoms with Gasteiger partial charge in [-0.2, -0.15) is 0 Å². The van der Waals surface area contributed by atoms with E-state index in [1.54, 1.807) is 22.6 Å². The first kappa shape index (κ1) is 13.6. The molecule has 1 aromatic carbocycles. The van der Waals surface area contributed by atoms with E-state index in [2.05, 4.69) is 0 Å². The lowest BCUT2D eigenvalue weighted by Crippen LogP contribution is -2.41. The Labute approximate surface area is 121 Å². The van der Waals surface area contributed by atoms with Crippen LogP contribution in [0.4, 0.5) is 0 Å². The third-order valence-corrected chi connectivity index (χ3v) is 3.82. The van der Waals surface area contributed by atoms with Crippen molar-refractivity contribution in [1.29, 1.82) is 0 Å². The van der Waals surface area contributed by atoms with E-state index >= 15 is 0 Å². The van der Waals surface area contributed by atoms with Gasteiger partial charge in [0.25, 0.3) is 5.91 Å². The summed E-state index contributed by atoms with van der Waals surface area (Å²) >= 11 is 0. The van der Waals surface area contributed by atoms with Crippen molar-refractivity contribution < 1.29 is 19.4 Å². The van der Waals surface area contributed by atoms with Crippen LogP contribution in [0.1, 0.15) is 20.8 Å². The molecule has 1 amide bonds. The van der Waals surface area contributed by atoms with E-state index in [-0.39, 0.29) is 17.2 Å². The number of hydrogen-bond acceptors (Lipinski definition) is 3. The van der Waals surface area contributed by atoms with Gasteiger partial charge >= 0.3 is 5.97 Å². The second-order valence-electron chi connectivity index (χ2n) is 5.01. The van der Waals surface area contributed by atoms with Gasteiger partial charge in [-0.1, -0.05) is 18.2 Å². The van der Waals surface area contributed by atoms with E-state index in [0.717, 1.165) is 5.52 Å². The highest BCUT2D eigenvalue weighted by atomic mass is 16.5. The molecular weight excluding hydrogens is 272 g/mol. The van der Waals surface area contributed by atoms with Crippen LogP contribution in [0.2, 0.25) is 0 Å². The zero-order valence-electron chi connectivity index (χ0n) is 11.7. The standard InChI is InChI=1S/C15H16N2O4/c1-16-11-5-3-2-4-10(11)12(13(16)15(19)20)14(18)17-6-8-21-9-7-17/h2-5H,6-9H2,1H3,(H,19,20). The normalized spacial score (nSPS) is 15.4. The number of amides is 1. The number of aryl methyl sites for hydroxylation is 1. The molecule has 6 heteroatoms. The van der Waals surface area contributed by atoms with Crippen LogP contribution in [0.5, 0.6) is 0 Å². The first-order valence-electron chi connectivity index (χ1n) is 6.79. The van der Waals surface area contributed by atoms with E-state index in [9.17, 15) is 14.7 Å². The molecule has 1 aliphatic heterocycles. The molecule has 0 radical (unpaired) electrons. The number of hydrogen-bond donors (Lipinski definition) is 1. The monoisotopic (exact) mass is 288 g/mol. The average molecular weight is 288 g/mol. The molecule has 1 fully saturated rings. The van der Waals surface area contributed by atoms with Crippen molar-refractivity contribution in [2.45, 2.75) is 0 Å². The number of ether oxygens (including phenoxy) is 1. The van der Waals surface area contributed by atoms with Crippen LogP contribution >= 0.6 is 0 Å². The highest BCUT2D eigenvalue weighted by Crippen LogP contribution is 2.27. The fourth-order valence-electron chi connectivity index (χ4n) is 2.78. The molecule has 2 heterocycles. The minimum Gasteiger partial charge on any atom is -0.477 e. The Morgan fingerprint density at radius 1 is 1.19 bits per heavy atom. The maximum atomic E-state index is 12.7. The summed E-state index contributed by atoms with van der Waals surface area (Å²) in [5.41, 5.74) is 1.04. The maximum absolute atomic E-state index is 12.7. The van der Waals surface area contributed by atoms with Crippen molar-refractivity contribution in [3.63, 3.8) is 0 Å². The summed E-state index contributed by atoms with van der Waals surface area (Å²) in [6.45, 7) is 1.94. The van der Waals surface area contributed by atoms with Crippen molar-refractivity contribution in [1.82, 2.24) is 9.47 Å². The van der Waals surface area contributed by atoms with E-state index in [4.69, 9.17) is 4.74 Å². The number of aromatic carboxylic acids is 1. The number of morpholine rings is 1. The van der Waals surface area contributed by atoms with Crippen molar-refractivity contribution >= 4 is 22.8 Å². The Morgan fingerprint density at radius 2 is 1.86 bits per heavy atom. The summed E-state index contributed by atoms with van der Waals surface area (Å²) in [6, 6.07) is 7.24. The highest BCUT2D eigenvalue weighted by molar-refractivity contribution is 6.14. The van der Waals surface area contributed by atoms with Gasteiger partial charge in [0.15, 0.2) is 0 Å². The molecule has 1 saturated heterocycles. The van der Waals surface area contributed by atoms with Crippen LogP contribution in [0.15, 0.2) is 24.3 Å². The smallest absolute Gasteiger partial charge is 0.353 e. The number of carboxylic acid groups (broad SMARTS) is 1. The Balaban J connectivity index is 2.18. The van der Waals surface area contributed by atoms with Gasteiger partial charge in [-0.25, -0.2) is 4.79 Å². The Bertz CT molecular complexity index is 714. The molecule has 1 aromatic heterocycles. The number of carbonyl (C=O) groups is 2. The number of fused-ring (bicyclic) bond motifs is 1. The fraction of sp³-hybridized carbons (Fsp3) is 0.333. The molecule has 0 saturated carbocycles. The lowest BCUT2D eigenvalue weighted by Gasteiger charge is -2.26. The summed E-state index contributed by atoms with van der Waals surface area (Å²) in [4.78, 5) is 26.0. The van der Waals surface area contributed by atoms with Crippen LogP contribution in [0, 0.1) is 0 Å². The number of para-hydroxylation sites is 1. The van der Waals surface area contributed by atoms with E-state index in [1.165, 1.54) is 0 Å². The SMILES string of the molecule is Cn1c(C(=O)O)c(C(=O)N2CCOCC2)c2ccccc21. The zero-order valence-corrected chi connectivity index (χ0v) is 11.7. The Kier molecular flexibility index (Phi) is 3.39. The first-order valence-corrected chi connectivity index (χ1v) is 6.79. The van der Waals surface area contributed by atoms with Gasteiger partial charge in [0.1, 0.15) is 5.69 Å². The second kappa shape index (κ2) is 5.21. The van der Waals surface area contributed by atoms with E-state index in [0.29, 0.717) is 31.7 Å². The molecular formula is C15H16N2O4. The third-order valence-electron chi connectivity index (χ3n) is 3.82. The quantitative estimate of drug-likeness (QED) is 0.905. The lowest BCUT2D eigenvalue weighted by molar-refractivity contribution is 0.0301. The van der Waals surface area contributed by atoms with Crippen molar-refractivity contribution in [3.8, 4) is 0 Å². The van der Waals surface area contributed by atoms with Crippen LogP contribution in [-0.4, -0.2) is 52.8 Å². The minimum atomic E-state index is -1.09. The van der Waals surface area contributed by atoms with E-state index < -0.39 is 5.97 Å². The summed E-state index contributed by atoms with van der Waals surface area (Å²) in [6.07, 6.45) is 0. The molecule has 1 N–H and O–H groups in total. The van der Waals surface area contributed by atoms with Crippen molar-refractivity contribution in [2.75, 3.05) is 26.3 Å². The van der Waals surface area contributed by atoms with Gasteiger partial charge in [-0.3, -0.25) is 4.79 Å². The molecule has 0 aliphatic carbocycles. The summed E-state index contributed by atoms with van der Waals surface area (Å²) < 4.78 is 6.80. The Hall–Kier alpha value is -2.34. The van der Waals surface area contributed by atoms with Crippen LogP contribution < -0.4 is 0 Å². The number of carboxylic acids is 1. The van der Waals surface area contributed by atoms with E-state index in [1.807, 2.05) is 18.2 Å².